The summed E-state index contributed by atoms with van der Waals surface area (Å²) in [5.41, 5.74) is 6.57. The molecular weight excluding hydrogens is 318 g/mol. The molecule has 1 N–H and O–H groups in total. The average Bonchev–Trinajstić information content (AvgIpc) is 2.73. The monoisotopic (exact) mass is 339 g/mol. The zero-order valence-corrected chi connectivity index (χ0v) is 14.6. The highest BCUT2D eigenvalue weighted by Gasteiger charge is 2.42. The summed E-state index contributed by atoms with van der Waals surface area (Å²) in [4.78, 5) is 12.5. The third-order valence-electron chi connectivity index (χ3n) is 5.98. The second-order valence-corrected chi connectivity index (χ2v) is 7.36. The summed E-state index contributed by atoms with van der Waals surface area (Å²) in [6, 6.07) is 27.2. The van der Waals surface area contributed by atoms with Crippen molar-refractivity contribution in [3.63, 3.8) is 0 Å². The fourth-order valence-electron chi connectivity index (χ4n) is 4.88. The van der Waals surface area contributed by atoms with Crippen LogP contribution in [0.4, 0.5) is 0 Å². The van der Waals surface area contributed by atoms with E-state index in [1.54, 1.807) is 0 Å². The van der Waals surface area contributed by atoms with Gasteiger partial charge in [0.05, 0.1) is 0 Å². The van der Waals surface area contributed by atoms with Crippen LogP contribution in [0.25, 0.3) is 0 Å². The Labute approximate surface area is 153 Å². The van der Waals surface area contributed by atoms with Gasteiger partial charge in [-0.1, -0.05) is 66.7 Å². The van der Waals surface area contributed by atoms with E-state index in [2.05, 4.69) is 53.8 Å². The molecule has 3 aromatic carbocycles. The van der Waals surface area contributed by atoms with E-state index < -0.39 is 0 Å². The van der Waals surface area contributed by atoms with Crippen LogP contribution in [0.5, 0.6) is 0 Å². The molecule has 0 aromatic heterocycles. The number of rotatable bonds is 3. The number of carbonyl (C=O) groups is 1. The molecule has 0 aliphatic heterocycles. The normalized spacial score (nSPS) is 22.4. The van der Waals surface area contributed by atoms with Gasteiger partial charge in [0, 0.05) is 23.9 Å². The molecule has 6 rings (SSSR count). The predicted molar refractivity (Wildman–Crippen MR) is 103 cm³/mol. The molecule has 3 aliphatic carbocycles. The summed E-state index contributed by atoms with van der Waals surface area (Å²) in [6.07, 6.45) is 1.10. The first-order valence-corrected chi connectivity index (χ1v) is 9.34. The molecular formula is C24H21NO. The Kier molecular flexibility index (Phi) is 3.63. The van der Waals surface area contributed by atoms with E-state index in [1.807, 2.05) is 30.3 Å². The number of amides is 1. The van der Waals surface area contributed by atoms with E-state index in [4.69, 9.17) is 0 Å². The molecule has 2 heteroatoms. The molecule has 0 saturated heterocycles. The largest absolute Gasteiger partial charge is 0.352 e. The summed E-state index contributed by atoms with van der Waals surface area (Å²) < 4.78 is 0. The highest BCUT2D eigenvalue weighted by molar-refractivity contribution is 5.94. The van der Waals surface area contributed by atoms with Crippen LogP contribution in [-0.2, 0) is 0 Å². The van der Waals surface area contributed by atoms with E-state index in [9.17, 15) is 4.79 Å². The van der Waals surface area contributed by atoms with Crippen molar-refractivity contribution >= 4 is 5.91 Å². The molecule has 1 unspecified atom stereocenters. The number of carbonyl (C=O) groups excluding carboxylic acids is 1. The number of fused-ring (bicyclic) bond motifs is 1. The van der Waals surface area contributed by atoms with Crippen molar-refractivity contribution in [3.05, 3.63) is 107 Å². The molecule has 3 aromatic rings. The molecule has 26 heavy (non-hydrogen) atoms. The summed E-state index contributed by atoms with van der Waals surface area (Å²) in [5, 5.41) is 3.18. The molecule has 128 valence electrons. The van der Waals surface area contributed by atoms with Gasteiger partial charge in [-0.05, 0) is 46.7 Å². The van der Waals surface area contributed by atoms with Gasteiger partial charge in [-0.15, -0.1) is 0 Å². The second-order valence-electron chi connectivity index (χ2n) is 7.36. The third-order valence-corrected chi connectivity index (χ3v) is 5.98. The van der Waals surface area contributed by atoms with Crippen LogP contribution >= 0.6 is 0 Å². The molecule has 1 amide bonds. The lowest BCUT2D eigenvalue weighted by Crippen LogP contribution is -2.39. The lowest BCUT2D eigenvalue weighted by atomic mass is 9.59. The van der Waals surface area contributed by atoms with Crippen LogP contribution in [0.2, 0.25) is 0 Å². The van der Waals surface area contributed by atoms with Crippen LogP contribution in [-0.4, -0.2) is 12.5 Å². The molecule has 2 nitrogen and oxygen atoms in total. The van der Waals surface area contributed by atoms with Gasteiger partial charge in [0.15, 0.2) is 0 Å². The van der Waals surface area contributed by atoms with E-state index in [0.29, 0.717) is 17.8 Å². The van der Waals surface area contributed by atoms with Crippen molar-refractivity contribution < 1.29 is 4.79 Å². The van der Waals surface area contributed by atoms with E-state index in [0.717, 1.165) is 18.5 Å². The zero-order chi connectivity index (χ0) is 17.5. The Hall–Kier alpha value is -2.87. The first-order chi connectivity index (χ1) is 12.8. The van der Waals surface area contributed by atoms with Crippen LogP contribution in [0.15, 0.2) is 78.9 Å². The maximum absolute atomic E-state index is 12.5. The van der Waals surface area contributed by atoms with E-state index >= 15 is 0 Å². The Morgan fingerprint density at radius 2 is 1.31 bits per heavy atom. The number of hydrogen-bond donors (Lipinski definition) is 1. The second kappa shape index (κ2) is 6.14. The molecule has 0 radical (unpaired) electrons. The Morgan fingerprint density at radius 3 is 1.92 bits per heavy atom. The summed E-state index contributed by atoms with van der Waals surface area (Å²) >= 11 is 0. The number of benzene rings is 3. The lowest BCUT2D eigenvalue weighted by Gasteiger charge is -2.45. The lowest BCUT2D eigenvalue weighted by molar-refractivity contribution is 0.0943. The summed E-state index contributed by atoms with van der Waals surface area (Å²) in [6.45, 7) is 0.720. The number of nitrogens with one attached hydrogen (secondary N) is 1. The molecule has 0 heterocycles. The Bertz CT molecular complexity index is 915. The molecule has 2 bridgehead atoms. The topological polar surface area (TPSA) is 29.1 Å². The molecule has 0 saturated carbocycles. The maximum Gasteiger partial charge on any atom is 0.251 e. The van der Waals surface area contributed by atoms with E-state index in [1.165, 1.54) is 22.3 Å². The van der Waals surface area contributed by atoms with Gasteiger partial charge in [-0.3, -0.25) is 4.79 Å². The van der Waals surface area contributed by atoms with Gasteiger partial charge in [-0.2, -0.15) is 0 Å². The van der Waals surface area contributed by atoms with Crippen molar-refractivity contribution in [1.82, 2.24) is 5.32 Å². The number of hydrogen-bond acceptors (Lipinski definition) is 1. The van der Waals surface area contributed by atoms with E-state index in [-0.39, 0.29) is 5.91 Å². The smallest absolute Gasteiger partial charge is 0.251 e. The minimum Gasteiger partial charge on any atom is -0.352 e. The molecule has 3 aliphatic rings. The van der Waals surface area contributed by atoms with Gasteiger partial charge in [-0.25, -0.2) is 0 Å². The van der Waals surface area contributed by atoms with Crippen LogP contribution in [0, 0.1) is 5.92 Å². The predicted octanol–water partition coefficient (Wildman–Crippen LogP) is 4.71. The fraction of sp³-hybridized carbons (Fsp3) is 0.208. The standard InChI is InChI=1S/C24H21NO/c26-24(16-8-2-1-3-9-16)25-15-17-14-22-18-10-4-6-12-20(18)23(17)21-13-7-5-11-19(21)22/h1-13,17,22-23H,14-15H2,(H,25,26). The maximum atomic E-state index is 12.5. The van der Waals surface area contributed by atoms with Crippen LogP contribution in [0.3, 0.4) is 0 Å². The van der Waals surface area contributed by atoms with Gasteiger partial charge in [0.1, 0.15) is 0 Å². The Morgan fingerprint density at radius 1 is 0.769 bits per heavy atom. The first kappa shape index (κ1) is 15.4. The highest BCUT2D eigenvalue weighted by Crippen LogP contribution is 2.55. The first-order valence-electron chi connectivity index (χ1n) is 9.34. The van der Waals surface area contributed by atoms with Crippen molar-refractivity contribution in [3.8, 4) is 0 Å². The van der Waals surface area contributed by atoms with Crippen molar-refractivity contribution in [2.24, 2.45) is 5.92 Å². The van der Waals surface area contributed by atoms with Crippen molar-refractivity contribution in [1.29, 1.82) is 0 Å². The zero-order valence-electron chi connectivity index (χ0n) is 14.6. The quantitative estimate of drug-likeness (QED) is 0.735. The van der Waals surface area contributed by atoms with Gasteiger partial charge < -0.3 is 5.32 Å². The van der Waals surface area contributed by atoms with Gasteiger partial charge >= 0.3 is 0 Å². The molecule has 0 fully saturated rings. The van der Waals surface area contributed by atoms with Crippen LogP contribution < -0.4 is 5.32 Å². The van der Waals surface area contributed by atoms with Crippen molar-refractivity contribution in [2.75, 3.05) is 6.54 Å². The fourth-order valence-corrected chi connectivity index (χ4v) is 4.88. The summed E-state index contributed by atoms with van der Waals surface area (Å²) in [5.74, 6) is 1.29. The minimum atomic E-state index is 0.0219. The van der Waals surface area contributed by atoms with Gasteiger partial charge in [0.25, 0.3) is 5.91 Å². The van der Waals surface area contributed by atoms with Crippen molar-refractivity contribution in [2.45, 2.75) is 18.3 Å². The average molecular weight is 339 g/mol. The highest BCUT2D eigenvalue weighted by atomic mass is 16.1. The van der Waals surface area contributed by atoms with Crippen LogP contribution in [0.1, 0.15) is 50.9 Å². The molecule has 0 spiro atoms. The Balaban J connectivity index is 1.45. The minimum absolute atomic E-state index is 0.0219. The SMILES string of the molecule is O=C(NCC1CC2c3ccccc3C1c1ccccc12)c1ccccc1. The van der Waals surface area contributed by atoms with Gasteiger partial charge in [0.2, 0.25) is 0 Å². The summed E-state index contributed by atoms with van der Waals surface area (Å²) in [7, 11) is 0. The third kappa shape index (κ3) is 2.37. The molecule has 1 atom stereocenters.